The summed E-state index contributed by atoms with van der Waals surface area (Å²) < 4.78 is 0. The molecule has 0 saturated carbocycles. The van der Waals surface area contributed by atoms with Gasteiger partial charge in [-0.1, -0.05) is 32.4 Å². The lowest BCUT2D eigenvalue weighted by atomic mass is 10.0. The molecule has 0 aliphatic rings. The lowest BCUT2D eigenvalue weighted by Gasteiger charge is -2.17. The molecule has 0 saturated heterocycles. The molecule has 0 aromatic heterocycles. The molecule has 1 unspecified atom stereocenters. The van der Waals surface area contributed by atoms with Gasteiger partial charge in [-0.3, -0.25) is 0 Å². The molecule has 108 valence electrons. The van der Waals surface area contributed by atoms with Crippen LogP contribution in [0.4, 0.5) is 0 Å². The molecule has 1 atom stereocenters. The van der Waals surface area contributed by atoms with E-state index in [-0.39, 0.29) is 0 Å². The second kappa shape index (κ2) is 12.1. The topological polar surface area (TPSA) is 3.24 Å². The van der Waals surface area contributed by atoms with Crippen molar-refractivity contribution in [1.82, 2.24) is 4.90 Å². The largest absolute Gasteiger partial charge is 0.303 e. The average Bonchev–Trinajstić information content (AvgIpc) is 2.33. The van der Waals surface area contributed by atoms with E-state index in [0.717, 1.165) is 5.92 Å². The molecule has 0 bridgehead atoms. The number of hydrogen-bond donors (Lipinski definition) is 0. The number of rotatable bonds is 11. The maximum Gasteiger partial charge on any atom is 0.00721 e. The molecule has 0 aromatic rings. The third-order valence-corrected chi connectivity index (χ3v) is 4.41. The Morgan fingerprint density at radius 2 is 1.78 bits per heavy atom. The van der Waals surface area contributed by atoms with E-state index >= 15 is 0 Å². The van der Waals surface area contributed by atoms with E-state index in [1.165, 1.54) is 56.0 Å². The van der Waals surface area contributed by atoms with Crippen molar-refractivity contribution in [2.75, 3.05) is 31.1 Å². The molecular weight excluding hydrogens is 238 g/mol. The Bertz CT molecular complexity index is 205. The summed E-state index contributed by atoms with van der Waals surface area (Å²) in [7, 11) is 0. The first-order chi connectivity index (χ1) is 8.60. The highest BCUT2D eigenvalue weighted by Crippen LogP contribution is 2.15. The molecule has 0 aliphatic carbocycles. The summed E-state index contributed by atoms with van der Waals surface area (Å²) in [6.45, 7) is 14.9. The highest BCUT2D eigenvalue weighted by atomic mass is 32.2. The van der Waals surface area contributed by atoms with E-state index in [0.29, 0.717) is 0 Å². The van der Waals surface area contributed by atoms with Gasteiger partial charge in [0.25, 0.3) is 0 Å². The minimum Gasteiger partial charge on any atom is -0.303 e. The van der Waals surface area contributed by atoms with Crippen LogP contribution in [-0.4, -0.2) is 36.0 Å². The van der Waals surface area contributed by atoms with Gasteiger partial charge in [-0.05, 0) is 57.9 Å². The highest BCUT2D eigenvalue weighted by molar-refractivity contribution is 7.99. The summed E-state index contributed by atoms with van der Waals surface area (Å²) >= 11 is 2.12. The summed E-state index contributed by atoms with van der Waals surface area (Å²) in [5.41, 5.74) is 1.45. The lowest BCUT2D eigenvalue weighted by Crippen LogP contribution is -2.25. The standard InChI is InChI=1S/C16H33NS/c1-6-17(7-2)12-14-18-13-11-16(5)10-8-9-15(3)4/h9,16H,6-8,10-14H2,1-5H3. The van der Waals surface area contributed by atoms with Crippen molar-refractivity contribution < 1.29 is 0 Å². The molecule has 0 amide bonds. The molecule has 2 heteroatoms. The molecule has 18 heavy (non-hydrogen) atoms. The Kier molecular flexibility index (Phi) is 12.1. The van der Waals surface area contributed by atoms with Gasteiger partial charge in [-0.25, -0.2) is 0 Å². The van der Waals surface area contributed by atoms with Crippen LogP contribution in [0.15, 0.2) is 11.6 Å². The molecule has 0 aromatic carbocycles. The van der Waals surface area contributed by atoms with Crippen LogP contribution in [0.2, 0.25) is 0 Å². The van der Waals surface area contributed by atoms with Crippen LogP contribution in [0.1, 0.15) is 53.9 Å². The van der Waals surface area contributed by atoms with Crippen LogP contribution >= 0.6 is 11.8 Å². The lowest BCUT2D eigenvalue weighted by molar-refractivity contribution is 0.324. The maximum atomic E-state index is 2.51. The summed E-state index contributed by atoms with van der Waals surface area (Å²) in [5, 5.41) is 0. The van der Waals surface area contributed by atoms with E-state index in [1.54, 1.807) is 0 Å². The van der Waals surface area contributed by atoms with Gasteiger partial charge in [0.15, 0.2) is 0 Å². The summed E-state index contributed by atoms with van der Waals surface area (Å²) in [4.78, 5) is 2.51. The van der Waals surface area contributed by atoms with E-state index in [1.807, 2.05) is 0 Å². The van der Waals surface area contributed by atoms with Crippen molar-refractivity contribution in [3.8, 4) is 0 Å². The number of nitrogens with zero attached hydrogens (tertiary/aromatic N) is 1. The van der Waals surface area contributed by atoms with E-state index < -0.39 is 0 Å². The van der Waals surface area contributed by atoms with Gasteiger partial charge in [-0.15, -0.1) is 0 Å². The summed E-state index contributed by atoms with van der Waals surface area (Å²) in [6.07, 6.45) is 6.35. The van der Waals surface area contributed by atoms with Gasteiger partial charge in [0.2, 0.25) is 0 Å². The van der Waals surface area contributed by atoms with Gasteiger partial charge >= 0.3 is 0 Å². The van der Waals surface area contributed by atoms with Crippen molar-refractivity contribution in [3.63, 3.8) is 0 Å². The van der Waals surface area contributed by atoms with Crippen molar-refractivity contribution >= 4 is 11.8 Å². The first-order valence-corrected chi connectivity index (χ1v) is 8.69. The van der Waals surface area contributed by atoms with Crippen LogP contribution in [0.5, 0.6) is 0 Å². The monoisotopic (exact) mass is 271 g/mol. The van der Waals surface area contributed by atoms with E-state index in [4.69, 9.17) is 0 Å². The summed E-state index contributed by atoms with van der Waals surface area (Å²) in [6, 6.07) is 0. The van der Waals surface area contributed by atoms with Crippen LogP contribution in [0.25, 0.3) is 0 Å². The molecule has 0 spiro atoms. The third kappa shape index (κ3) is 11.2. The fraction of sp³-hybridized carbons (Fsp3) is 0.875. The molecule has 1 nitrogen and oxygen atoms in total. The van der Waals surface area contributed by atoms with Gasteiger partial charge in [0, 0.05) is 12.3 Å². The fourth-order valence-electron chi connectivity index (χ4n) is 1.92. The Morgan fingerprint density at radius 1 is 1.11 bits per heavy atom. The molecule has 0 rings (SSSR count). The normalized spacial score (nSPS) is 12.8. The Hall–Kier alpha value is 0.0500. The van der Waals surface area contributed by atoms with Gasteiger partial charge < -0.3 is 4.90 Å². The van der Waals surface area contributed by atoms with Crippen molar-refractivity contribution in [2.45, 2.75) is 53.9 Å². The molecule has 0 fully saturated rings. The zero-order valence-corrected chi connectivity index (χ0v) is 14.0. The zero-order valence-electron chi connectivity index (χ0n) is 13.2. The Labute approximate surface area is 119 Å². The molecular formula is C16H33NS. The van der Waals surface area contributed by atoms with E-state index in [9.17, 15) is 0 Å². The average molecular weight is 272 g/mol. The highest BCUT2D eigenvalue weighted by Gasteiger charge is 2.02. The predicted octanol–water partition coefficient (Wildman–Crippen LogP) is 4.83. The zero-order chi connectivity index (χ0) is 13.8. The fourth-order valence-corrected chi connectivity index (χ4v) is 3.08. The van der Waals surface area contributed by atoms with Crippen molar-refractivity contribution in [2.24, 2.45) is 5.92 Å². The van der Waals surface area contributed by atoms with Crippen LogP contribution < -0.4 is 0 Å². The van der Waals surface area contributed by atoms with Crippen LogP contribution in [0, 0.1) is 5.92 Å². The van der Waals surface area contributed by atoms with Crippen molar-refractivity contribution in [1.29, 1.82) is 0 Å². The first-order valence-electron chi connectivity index (χ1n) is 7.53. The minimum absolute atomic E-state index is 0.876. The minimum atomic E-state index is 0.876. The Morgan fingerprint density at radius 3 is 2.33 bits per heavy atom. The predicted molar refractivity (Wildman–Crippen MR) is 87.6 cm³/mol. The smallest absolute Gasteiger partial charge is 0.00721 e. The van der Waals surface area contributed by atoms with Crippen molar-refractivity contribution in [3.05, 3.63) is 11.6 Å². The number of allylic oxidation sites excluding steroid dienone is 2. The SMILES string of the molecule is CCN(CC)CCSCCC(C)CCC=C(C)C. The molecule has 0 heterocycles. The van der Waals surface area contributed by atoms with Gasteiger partial charge in [-0.2, -0.15) is 11.8 Å². The first kappa shape index (κ1) is 18.0. The second-order valence-corrected chi connectivity index (χ2v) is 6.62. The summed E-state index contributed by atoms with van der Waals surface area (Å²) in [5.74, 6) is 3.50. The Balaban J connectivity index is 3.40. The number of hydrogen-bond acceptors (Lipinski definition) is 2. The van der Waals surface area contributed by atoms with E-state index in [2.05, 4.69) is 57.4 Å². The number of thioether (sulfide) groups is 1. The molecule has 0 radical (unpaired) electrons. The quantitative estimate of drug-likeness (QED) is 0.391. The van der Waals surface area contributed by atoms with Gasteiger partial charge in [0.05, 0.1) is 0 Å². The maximum absolute atomic E-state index is 2.51. The van der Waals surface area contributed by atoms with Crippen LogP contribution in [-0.2, 0) is 0 Å². The molecule has 0 aliphatic heterocycles. The van der Waals surface area contributed by atoms with Gasteiger partial charge in [0.1, 0.15) is 0 Å². The van der Waals surface area contributed by atoms with Crippen LogP contribution in [0.3, 0.4) is 0 Å². The molecule has 0 N–H and O–H groups in total. The second-order valence-electron chi connectivity index (χ2n) is 5.39. The third-order valence-electron chi connectivity index (χ3n) is 3.41.